The number of carbonyl (C=O) groups is 3. The van der Waals surface area contributed by atoms with Gasteiger partial charge in [0.1, 0.15) is 12.2 Å². The van der Waals surface area contributed by atoms with Crippen LogP contribution in [0, 0.1) is 11.8 Å². The van der Waals surface area contributed by atoms with Crippen molar-refractivity contribution < 1.29 is 37.5 Å². The van der Waals surface area contributed by atoms with Crippen LogP contribution in [0.5, 0.6) is 0 Å². The molecule has 166 valence electrons. The van der Waals surface area contributed by atoms with Crippen LogP contribution in [0.1, 0.15) is 27.2 Å². The Morgan fingerprint density at radius 1 is 1.27 bits per heavy atom. The molecule has 10 heteroatoms. The molecule has 0 N–H and O–H groups in total. The SMILES string of the molecule is C=C(C)C(=O)OCC12C=CC(O1)C1C(=O)N(CCCP(=O)(OCC)OCC)C(=O)C12. The fraction of sp³-hybridized carbons (Fsp3) is 0.650. The van der Waals surface area contributed by atoms with Crippen molar-refractivity contribution in [1.82, 2.24) is 4.90 Å². The second kappa shape index (κ2) is 8.75. The average Bonchev–Trinajstić information content (AvgIpc) is 3.32. The fourth-order valence-corrected chi connectivity index (χ4v) is 5.88. The summed E-state index contributed by atoms with van der Waals surface area (Å²) in [5.41, 5.74) is -0.906. The van der Waals surface area contributed by atoms with Crippen molar-refractivity contribution in [3.63, 3.8) is 0 Å². The van der Waals surface area contributed by atoms with Crippen LogP contribution in [0.15, 0.2) is 24.3 Å². The molecule has 3 aliphatic heterocycles. The van der Waals surface area contributed by atoms with Crippen LogP contribution in [0.3, 0.4) is 0 Å². The summed E-state index contributed by atoms with van der Waals surface area (Å²) >= 11 is 0. The van der Waals surface area contributed by atoms with E-state index in [4.69, 9.17) is 18.5 Å². The van der Waals surface area contributed by atoms with Gasteiger partial charge >= 0.3 is 13.6 Å². The normalized spacial score (nSPS) is 29.6. The molecule has 0 saturated carbocycles. The van der Waals surface area contributed by atoms with E-state index in [1.54, 1.807) is 26.0 Å². The number of ether oxygens (including phenoxy) is 2. The van der Waals surface area contributed by atoms with Gasteiger partial charge in [-0.3, -0.25) is 19.1 Å². The van der Waals surface area contributed by atoms with Crippen LogP contribution in [0.4, 0.5) is 0 Å². The van der Waals surface area contributed by atoms with E-state index in [9.17, 15) is 18.9 Å². The molecular weight excluding hydrogens is 413 g/mol. The van der Waals surface area contributed by atoms with E-state index in [0.29, 0.717) is 6.42 Å². The third kappa shape index (κ3) is 4.04. The Kier molecular flexibility index (Phi) is 6.67. The first kappa shape index (κ1) is 22.9. The summed E-state index contributed by atoms with van der Waals surface area (Å²) in [6, 6.07) is 0. The minimum atomic E-state index is -3.25. The van der Waals surface area contributed by atoms with Gasteiger partial charge in [-0.05, 0) is 33.3 Å². The number of imide groups is 1. The number of fused-ring (bicyclic) bond motifs is 5. The smallest absolute Gasteiger partial charge is 0.333 e. The van der Waals surface area contributed by atoms with Crippen LogP contribution >= 0.6 is 7.60 Å². The predicted molar refractivity (Wildman–Crippen MR) is 107 cm³/mol. The van der Waals surface area contributed by atoms with Crippen molar-refractivity contribution in [2.45, 2.75) is 38.9 Å². The summed E-state index contributed by atoms with van der Waals surface area (Å²) in [6.07, 6.45) is 3.32. The summed E-state index contributed by atoms with van der Waals surface area (Å²) in [4.78, 5) is 39.0. The van der Waals surface area contributed by atoms with Gasteiger partial charge in [-0.1, -0.05) is 12.7 Å². The first-order valence-electron chi connectivity index (χ1n) is 10.1. The molecule has 3 heterocycles. The molecule has 0 aromatic carbocycles. The highest BCUT2D eigenvalue weighted by Crippen LogP contribution is 2.52. The van der Waals surface area contributed by atoms with Gasteiger partial charge in [0.25, 0.3) is 0 Å². The van der Waals surface area contributed by atoms with E-state index in [-0.39, 0.29) is 49.9 Å². The maximum absolute atomic E-state index is 13.1. The fourth-order valence-electron chi connectivity index (χ4n) is 4.23. The molecule has 3 aliphatic rings. The van der Waals surface area contributed by atoms with E-state index in [0.717, 1.165) is 0 Å². The molecule has 2 amide bonds. The number of rotatable bonds is 11. The Labute approximate surface area is 175 Å². The minimum absolute atomic E-state index is 0.112. The highest BCUT2D eigenvalue weighted by Gasteiger charge is 2.67. The zero-order chi connectivity index (χ0) is 22.1. The molecule has 0 spiro atoms. The predicted octanol–water partition coefficient (Wildman–Crippen LogP) is 2.07. The molecular formula is C20H28NO8P. The third-order valence-corrected chi connectivity index (χ3v) is 7.66. The molecule has 4 atom stereocenters. The second-order valence-corrected chi connectivity index (χ2v) is 9.79. The zero-order valence-electron chi connectivity index (χ0n) is 17.5. The van der Waals surface area contributed by atoms with Crippen LogP contribution < -0.4 is 0 Å². The van der Waals surface area contributed by atoms with Gasteiger partial charge in [-0.15, -0.1) is 0 Å². The van der Waals surface area contributed by atoms with Crippen LogP contribution in [-0.4, -0.2) is 66.9 Å². The molecule has 0 aliphatic carbocycles. The van der Waals surface area contributed by atoms with E-state index >= 15 is 0 Å². The van der Waals surface area contributed by atoms with Crippen molar-refractivity contribution in [1.29, 1.82) is 0 Å². The lowest BCUT2D eigenvalue weighted by Crippen LogP contribution is -2.44. The number of esters is 1. The van der Waals surface area contributed by atoms with Crippen LogP contribution in [0.25, 0.3) is 0 Å². The van der Waals surface area contributed by atoms with E-state index in [1.807, 2.05) is 0 Å². The lowest BCUT2D eigenvalue weighted by atomic mass is 9.77. The van der Waals surface area contributed by atoms with Crippen molar-refractivity contribution in [3.05, 3.63) is 24.3 Å². The monoisotopic (exact) mass is 441 g/mol. The van der Waals surface area contributed by atoms with E-state index in [1.165, 1.54) is 11.8 Å². The highest BCUT2D eigenvalue weighted by atomic mass is 31.2. The Bertz CT molecular complexity index is 814. The number of hydrogen-bond acceptors (Lipinski definition) is 8. The van der Waals surface area contributed by atoms with Crippen molar-refractivity contribution in [2.24, 2.45) is 11.8 Å². The molecule has 3 rings (SSSR count). The molecule has 4 unspecified atom stereocenters. The molecule has 2 fully saturated rings. The third-order valence-electron chi connectivity index (χ3n) is 5.49. The summed E-state index contributed by atoms with van der Waals surface area (Å²) in [5, 5.41) is 0. The highest BCUT2D eigenvalue weighted by molar-refractivity contribution is 7.53. The zero-order valence-corrected chi connectivity index (χ0v) is 18.4. The lowest BCUT2D eigenvalue weighted by molar-refractivity contribution is -0.153. The van der Waals surface area contributed by atoms with E-state index in [2.05, 4.69) is 6.58 Å². The van der Waals surface area contributed by atoms with Gasteiger partial charge in [0.05, 0.1) is 37.3 Å². The first-order valence-corrected chi connectivity index (χ1v) is 11.8. The number of nitrogens with zero attached hydrogens (tertiary/aromatic N) is 1. The Morgan fingerprint density at radius 2 is 1.93 bits per heavy atom. The molecule has 0 radical (unpaired) electrons. The standard InChI is InChI=1S/C20H28NO8P/c1-5-27-30(25,28-6-2)11-7-10-21-17(22)15-14-8-9-20(29-14,16(15)18(21)23)12-26-19(24)13(3)4/h8-9,14-16H,3,5-7,10-12H2,1-2,4H3. The number of likely N-dealkylation sites (tertiary alicyclic amines) is 1. The van der Waals surface area contributed by atoms with Gasteiger partial charge < -0.3 is 18.5 Å². The first-order chi connectivity index (χ1) is 14.2. The maximum Gasteiger partial charge on any atom is 0.333 e. The minimum Gasteiger partial charge on any atom is -0.459 e. The summed E-state index contributed by atoms with van der Waals surface area (Å²) in [5.74, 6) is -2.66. The molecule has 0 aromatic rings. The largest absolute Gasteiger partial charge is 0.459 e. The Morgan fingerprint density at radius 3 is 2.53 bits per heavy atom. The lowest BCUT2D eigenvalue weighted by Gasteiger charge is -2.28. The average molecular weight is 441 g/mol. The molecule has 0 aromatic heterocycles. The summed E-state index contributed by atoms with van der Waals surface area (Å²) in [7, 11) is -3.25. The molecule has 2 saturated heterocycles. The van der Waals surface area contributed by atoms with Gasteiger partial charge in [-0.25, -0.2) is 4.79 Å². The molecule has 30 heavy (non-hydrogen) atoms. The maximum atomic E-state index is 13.1. The van der Waals surface area contributed by atoms with Gasteiger partial charge in [0.15, 0.2) is 0 Å². The van der Waals surface area contributed by atoms with Crippen LogP contribution in [-0.2, 0) is 37.5 Å². The van der Waals surface area contributed by atoms with E-state index < -0.39 is 37.1 Å². The quantitative estimate of drug-likeness (QED) is 0.158. The molecule has 2 bridgehead atoms. The second-order valence-electron chi connectivity index (χ2n) is 7.61. The van der Waals surface area contributed by atoms with Crippen molar-refractivity contribution >= 4 is 25.4 Å². The number of amides is 2. The Balaban J connectivity index is 1.67. The molecule has 9 nitrogen and oxygen atoms in total. The number of hydrogen-bond donors (Lipinski definition) is 0. The topological polar surface area (TPSA) is 108 Å². The van der Waals surface area contributed by atoms with Crippen molar-refractivity contribution in [3.8, 4) is 0 Å². The van der Waals surface area contributed by atoms with Gasteiger partial charge in [0.2, 0.25) is 11.8 Å². The summed E-state index contributed by atoms with van der Waals surface area (Å²) < 4.78 is 34.3. The van der Waals surface area contributed by atoms with Crippen molar-refractivity contribution in [2.75, 3.05) is 32.5 Å². The number of carbonyl (C=O) groups excluding carboxylic acids is 3. The van der Waals surface area contributed by atoms with Gasteiger partial charge in [-0.2, -0.15) is 0 Å². The van der Waals surface area contributed by atoms with Gasteiger partial charge in [0, 0.05) is 12.1 Å². The van der Waals surface area contributed by atoms with Crippen LogP contribution in [0.2, 0.25) is 0 Å². The summed E-state index contributed by atoms with van der Waals surface area (Å²) in [6.45, 7) is 8.97. The Hall–Kier alpha value is -1.80.